The Hall–Kier alpha value is -1.72. The molecular formula is C19H24N2O2S. The second kappa shape index (κ2) is 7.03. The van der Waals surface area contributed by atoms with Crippen molar-refractivity contribution in [1.29, 1.82) is 0 Å². The zero-order chi connectivity index (χ0) is 17.3. The molecule has 5 heteroatoms. The van der Waals surface area contributed by atoms with E-state index in [9.17, 15) is 9.90 Å². The van der Waals surface area contributed by atoms with Crippen molar-refractivity contribution in [1.82, 2.24) is 9.88 Å². The summed E-state index contributed by atoms with van der Waals surface area (Å²) in [5.74, 6) is 0.307. The Kier molecular flexibility index (Phi) is 5.01. The van der Waals surface area contributed by atoms with Gasteiger partial charge in [-0.15, -0.1) is 11.3 Å². The van der Waals surface area contributed by atoms with Crippen LogP contribution < -0.4 is 0 Å². The maximum absolute atomic E-state index is 12.7. The molecule has 1 atom stereocenters. The number of rotatable bonds is 3. The molecule has 0 aliphatic carbocycles. The van der Waals surface area contributed by atoms with Crippen LogP contribution in [0.4, 0.5) is 0 Å². The molecule has 1 aromatic heterocycles. The van der Waals surface area contributed by atoms with E-state index in [-0.39, 0.29) is 12.0 Å². The van der Waals surface area contributed by atoms with Gasteiger partial charge in [-0.2, -0.15) is 0 Å². The lowest BCUT2D eigenvalue weighted by Crippen LogP contribution is -2.40. The van der Waals surface area contributed by atoms with Gasteiger partial charge in [0.05, 0.1) is 6.10 Å². The first kappa shape index (κ1) is 17.1. The Morgan fingerprint density at radius 1 is 1.33 bits per heavy atom. The van der Waals surface area contributed by atoms with Gasteiger partial charge in [-0.05, 0) is 45.1 Å². The van der Waals surface area contributed by atoms with Gasteiger partial charge in [0.25, 0.3) is 5.91 Å². The molecule has 0 radical (unpaired) electrons. The van der Waals surface area contributed by atoms with Crippen molar-refractivity contribution in [2.45, 2.75) is 39.7 Å². The largest absolute Gasteiger partial charge is 0.393 e. The van der Waals surface area contributed by atoms with E-state index < -0.39 is 0 Å². The van der Waals surface area contributed by atoms with Crippen molar-refractivity contribution in [3.8, 4) is 10.6 Å². The first-order valence-electron chi connectivity index (χ1n) is 8.46. The van der Waals surface area contributed by atoms with E-state index in [0.29, 0.717) is 24.7 Å². The average molecular weight is 344 g/mol. The molecule has 0 saturated carbocycles. The van der Waals surface area contributed by atoms with E-state index >= 15 is 0 Å². The smallest absolute Gasteiger partial charge is 0.273 e. The summed E-state index contributed by atoms with van der Waals surface area (Å²) in [6.45, 7) is 7.38. The van der Waals surface area contributed by atoms with Gasteiger partial charge in [-0.3, -0.25) is 4.79 Å². The van der Waals surface area contributed by atoms with E-state index in [1.165, 1.54) is 22.5 Å². The van der Waals surface area contributed by atoms with Crippen molar-refractivity contribution < 1.29 is 9.90 Å². The summed E-state index contributed by atoms with van der Waals surface area (Å²) in [6.07, 6.45) is 1.42. The van der Waals surface area contributed by atoms with Gasteiger partial charge < -0.3 is 10.0 Å². The van der Waals surface area contributed by atoms with E-state index in [0.717, 1.165) is 23.4 Å². The zero-order valence-corrected chi connectivity index (χ0v) is 15.3. The van der Waals surface area contributed by atoms with Crippen molar-refractivity contribution >= 4 is 17.2 Å². The molecule has 1 fully saturated rings. The third-order valence-corrected chi connectivity index (χ3v) is 5.72. The van der Waals surface area contributed by atoms with E-state index in [1.807, 2.05) is 17.2 Å². The molecule has 1 amide bonds. The van der Waals surface area contributed by atoms with Gasteiger partial charge in [0.15, 0.2) is 0 Å². The quantitative estimate of drug-likeness (QED) is 0.924. The maximum Gasteiger partial charge on any atom is 0.273 e. The molecule has 2 aromatic rings. The Labute approximate surface area is 147 Å². The minimum absolute atomic E-state index is 0.00584. The standard InChI is InChI=1S/C19H24N2O2S/c1-12-4-5-16(13(2)10-12)18-20-17(11-24-18)19(23)21-8-6-15(7-9-21)14(3)22/h4-5,10-11,14-15,22H,6-9H2,1-3H3. The normalized spacial score (nSPS) is 17.1. The molecule has 128 valence electrons. The van der Waals surface area contributed by atoms with Crippen LogP contribution in [0.1, 0.15) is 41.4 Å². The second-order valence-corrected chi connectivity index (χ2v) is 7.58. The summed E-state index contributed by atoms with van der Waals surface area (Å²) in [4.78, 5) is 19.1. The van der Waals surface area contributed by atoms with E-state index in [2.05, 4.69) is 37.0 Å². The molecule has 4 nitrogen and oxygen atoms in total. The monoisotopic (exact) mass is 344 g/mol. The molecule has 1 aliphatic rings. The van der Waals surface area contributed by atoms with Gasteiger partial charge in [-0.25, -0.2) is 4.98 Å². The summed E-state index contributed by atoms with van der Waals surface area (Å²) in [5, 5.41) is 12.4. The van der Waals surface area contributed by atoms with Gasteiger partial charge in [0.1, 0.15) is 10.7 Å². The molecule has 2 heterocycles. The fraction of sp³-hybridized carbons (Fsp3) is 0.474. The number of likely N-dealkylation sites (tertiary alicyclic amines) is 1. The minimum Gasteiger partial charge on any atom is -0.393 e. The lowest BCUT2D eigenvalue weighted by molar-refractivity contribution is 0.0518. The van der Waals surface area contributed by atoms with Crippen LogP contribution in [0.15, 0.2) is 23.6 Å². The van der Waals surface area contributed by atoms with E-state index in [1.54, 1.807) is 0 Å². The number of carbonyl (C=O) groups is 1. The first-order valence-corrected chi connectivity index (χ1v) is 9.34. The molecule has 1 unspecified atom stereocenters. The summed E-state index contributed by atoms with van der Waals surface area (Å²) < 4.78 is 0. The van der Waals surface area contributed by atoms with Crippen molar-refractivity contribution in [2.75, 3.05) is 13.1 Å². The molecule has 1 aromatic carbocycles. The number of hydrogen-bond donors (Lipinski definition) is 1. The molecule has 1 aliphatic heterocycles. The second-order valence-electron chi connectivity index (χ2n) is 6.73. The number of piperidine rings is 1. The van der Waals surface area contributed by atoms with Crippen molar-refractivity contribution in [3.63, 3.8) is 0 Å². The van der Waals surface area contributed by atoms with Crippen LogP contribution in [0.25, 0.3) is 10.6 Å². The molecule has 0 bridgehead atoms. The molecular weight excluding hydrogens is 320 g/mol. The Balaban J connectivity index is 1.72. The average Bonchev–Trinajstić information content (AvgIpc) is 3.04. The summed E-state index contributed by atoms with van der Waals surface area (Å²) in [6, 6.07) is 6.29. The predicted molar refractivity (Wildman–Crippen MR) is 97.3 cm³/mol. The Morgan fingerprint density at radius 3 is 2.67 bits per heavy atom. The molecule has 3 rings (SSSR count). The van der Waals surface area contributed by atoms with Crippen molar-refractivity contribution in [3.05, 3.63) is 40.4 Å². The summed E-state index contributed by atoms with van der Waals surface area (Å²) in [7, 11) is 0. The highest BCUT2D eigenvalue weighted by atomic mass is 32.1. The SMILES string of the molecule is Cc1ccc(-c2nc(C(=O)N3CCC(C(C)O)CC3)cs2)c(C)c1. The minimum atomic E-state index is -0.294. The third kappa shape index (κ3) is 3.52. The predicted octanol–water partition coefficient (Wildman–Crippen LogP) is 3.66. The molecule has 1 saturated heterocycles. The summed E-state index contributed by atoms with van der Waals surface area (Å²) in [5.41, 5.74) is 4.04. The van der Waals surface area contributed by atoms with Crippen LogP contribution in [0.2, 0.25) is 0 Å². The lowest BCUT2D eigenvalue weighted by atomic mass is 9.92. The number of aromatic nitrogens is 1. The molecule has 24 heavy (non-hydrogen) atoms. The number of aliphatic hydroxyl groups excluding tert-OH is 1. The van der Waals surface area contributed by atoms with Crippen LogP contribution in [-0.2, 0) is 0 Å². The summed E-state index contributed by atoms with van der Waals surface area (Å²) >= 11 is 1.52. The van der Waals surface area contributed by atoms with Crippen LogP contribution in [0.3, 0.4) is 0 Å². The third-order valence-electron chi connectivity index (χ3n) is 4.84. The van der Waals surface area contributed by atoms with Gasteiger partial charge in [-0.1, -0.05) is 23.8 Å². The fourth-order valence-corrected chi connectivity index (χ4v) is 4.18. The number of nitrogens with zero attached hydrogens (tertiary/aromatic N) is 2. The molecule has 1 N–H and O–H groups in total. The number of amides is 1. The van der Waals surface area contributed by atoms with Crippen LogP contribution in [0, 0.1) is 19.8 Å². The van der Waals surface area contributed by atoms with Crippen LogP contribution in [0.5, 0.6) is 0 Å². The van der Waals surface area contributed by atoms with Crippen LogP contribution >= 0.6 is 11.3 Å². The number of aryl methyl sites for hydroxylation is 2. The first-order chi connectivity index (χ1) is 11.5. The number of aliphatic hydroxyl groups is 1. The lowest BCUT2D eigenvalue weighted by Gasteiger charge is -2.32. The van der Waals surface area contributed by atoms with Crippen LogP contribution in [-0.4, -0.2) is 40.1 Å². The maximum atomic E-state index is 12.7. The number of thiazole rings is 1. The highest BCUT2D eigenvalue weighted by Gasteiger charge is 2.27. The highest BCUT2D eigenvalue weighted by Crippen LogP contribution is 2.28. The van der Waals surface area contributed by atoms with Gasteiger partial charge in [0.2, 0.25) is 0 Å². The number of hydrogen-bond acceptors (Lipinski definition) is 4. The van der Waals surface area contributed by atoms with Gasteiger partial charge >= 0.3 is 0 Å². The fourth-order valence-electron chi connectivity index (χ4n) is 3.30. The molecule has 0 spiro atoms. The van der Waals surface area contributed by atoms with E-state index in [4.69, 9.17) is 0 Å². The Bertz CT molecular complexity index is 731. The zero-order valence-electron chi connectivity index (χ0n) is 14.5. The highest BCUT2D eigenvalue weighted by molar-refractivity contribution is 7.13. The topological polar surface area (TPSA) is 53.4 Å². The van der Waals surface area contributed by atoms with Crippen molar-refractivity contribution in [2.24, 2.45) is 5.92 Å². The number of benzene rings is 1. The Morgan fingerprint density at radius 2 is 2.04 bits per heavy atom. The van der Waals surface area contributed by atoms with Gasteiger partial charge in [0, 0.05) is 24.0 Å². The number of carbonyl (C=O) groups excluding carboxylic acids is 1.